The summed E-state index contributed by atoms with van der Waals surface area (Å²) in [5.41, 5.74) is 0. The average Bonchev–Trinajstić information content (AvgIpc) is 2.35. The standard InChI is InChI=1S/C13H27NO2Si/c1-10-9-12-7-5-6-8-13(12)14(11(10)2)17(15-3)16-4/h10-13,17H,5-9H2,1-4H3. The minimum atomic E-state index is -1.63. The monoisotopic (exact) mass is 257 g/mol. The van der Waals surface area contributed by atoms with Crippen molar-refractivity contribution in [2.45, 2.75) is 58.0 Å². The summed E-state index contributed by atoms with van der Waals surface area (Å²) in [4.78, 5) is 0. The highest BCUT2D eigenvalue weighted by Gasteiger charge is 2.44. The topological polar surface area (TPSA) is 21.7 Å². The molecule has 1 aliphatic carbocycles. The second kappa shape index (κ2) is 5.82. The number of hydrogen-bond donors (Lipinski definition) is 0. The SMILES string of the molecule is CO[SiH](OC)N1C(C)C(C)CC2CCCCC21. The summed E-state index contributed by atoms with van der Waals surface area (Å²) in [5.74, 6) is 1.66. The molecule has 4 atom stereocenters. The van der Waals surface area contributed by atoms with Gasteiger partial charge in [0, 0.05) is 26.3 Å². The maximum absolute atomic E-state index is 5.65. The molecule has 0 bridgehead atoms. The van der Waals surface area contributed by atoms with E-state index in [9.17, 15) is 0 Å². The van der Waals surface area contributed by atoms with Gasteiger partial charge in [-0.15, -0.1) is 0 Å². The number of piperidine rings is 1. The van der Waals surface area contributed by atoms with E-state index in [0.29, 0.717) is 6.04 Å². The van der Waals surface area contributed by atoms with Crippen LogP contribution in [0.4, 0.5) is 0 Å². The maximum Gasteiger partial charge on any atom is 0.410 e. The molecule has 100 valence electrons. The second-order valence-corrected chi connectivity index (χ2v) is 7.94. The van der Waals surface area contributed by atoms with Gasteiger partial charge in [-0.2, -0.15) is 0 Å². The Morgan fingerprint density at radius 3 is 2.35 bits per heavy atom. The third kappa shape index (κ3) is 2.60. The van der Waals surface area contributed by atoms with Crippen LogP contribution in [-0.4, -0.2) is 40.3 Å². The molecule has 0 aromatic rings. The van der Waals surface area contributed by atoms with Gasteiger partial charge in [-0.25, -0.2) is 0 Å². The highest BCUT2D eigenvalue weighted by Crippen LogP contribution is 2.40. The zero-order valence-corrected chi connectivity index (χ0v) is 12.8. The van der Waals surface area contributed by atoms with Crippen LogP contribution in [0.3, 0.4) is 0 Å². The molecule has 1 heterocycles. The first-order chi connectivity index (χ1) is 8.19. The first kappa shape index (κ1) is 13.5. The van der Waals surface area contributed by atoms with Crippen LogP contribution in [0.2, 0.25) is 0 Å². The van der Waals surface area contributed by atoms with Gasteiger partial charge >= 0.3 is 9.45 Å². The van der Waals surface area contributed by atoms with E-state index in [1.807, 2.05) is 14.2 Å². The lowest BCUT2D eigenvalue weighted by Gasteiger charge is -2.51. The van der Waals surface area contributed by atoms with E-state index in [1.165, 1.54) is 32.1 Å². The van der Waals surface area contributed by atoms with E-state index in [4.69, 9.17) is 8.85 Å². The molecule has 1 saturated heterocycles. The molecule has 3 nitrogen and oxygen atoms in total. The van der Waals surface area contributed by atoms with Gasteiger partial charge < -0.3 is 8.85 Å². The molecule has 2 rings (SSSR count). The van der Waals surface area contributed by atoms with E-state index >= 15 is 0 Å². The summed E-state index contributed by atoms with van der Waals surface area (Å²) in [5, 5.41) is 0. The molecule has 0 amide bonds. The van der Waals surface area contributed by atoms with E-state index in [1.54, 1.807) is 0 Å². The van der Waals surface area contributed by atoms with E-state index in [2.05, 4.69) is 18.4 Å². The fourth-order valence-corrected chi connectivity index (χ4v) is 5.88. The summed E-state index contributed by atoms with van der Waals surface area (Å²) in [7, 11) is 1.99. The Balaban J connectivity index is 2.17. The molecule has 17 heavy (non-hydrogen) atoms. The third-order valence-electron chi connectivity index (χ3n) is 4.87. The van der Waals surface area contributed by atoms with Crippen LogP contribution in [0.1, 0.15) is 46.0 Å². The van der Waals surface area contributed by atoms with Gasteiger partial charge in [0.05, 0.1) is 0 Å². The molecule has 1 saturated carbocycles. The smallest absolute Gasteiger partial charge is 0.388 e. The fourth-order valence-electron chi connectivity index (χ4n) is 3.81. The molecule has 4 unspecified atom stereocenters. The first-order valence-electron chi connectivity index (χ1n) is 7.02. The molecule has 0 spiro atoms. The number of fused-ring (bicyclic) bond motifs is 1. The van der Waals surface area contributed by atoms with Crippen LogP contribution < -0.4 is 0 Å². The predicted molar refractivity (Wildman–Crippen MR) is 72.0 cm³/mol. The third-order valence-corrected chi connectivity index (χ3v) is 7.01. The molecule has 4 heteroatoms. The number of rotatable bonds is 3. The summed E-state index contributed by atoms with van der Waals surface area (Å²) in [6.45, 7) is 4.74. The molecule has 1 aliphatic heterocycles. The summed E-state index contributed by atoms with van der Waals surface area (Å²) < 4.78 is 13.9. The predicted octanol–water partition coefficient (Wildman–Crippen LogP) is 2.29. The normalized spacial score (nSPS) is 39.4. The van der Waals surface area contributed by atoms with Gasteiger partial charge in [0.25, 0.3) is 0 Å². The average molecular weight is 257 g/mol. The number of nitrogens with zero attached hydrogens (tertiary/aromatic N) is 1. The molecular formula is C13H27NO2Si. The van der Waals surface area contributed by atoms with Crippen molar-refractivity contribution < 1.29 is 8.85 Å². The minimum Gasteiger partial charge on any atom is -0.388 e. The van der Waals surface area contributed by atoms with Crippen LogP contribution >= 0.6 is 0 Å². The van der Waals surface area contributed by atoms with E-state index in [0.717, 1.165) is 17.9 Å². The Morgan fingerprint density at radius 1 is 1.06 bits per heavy atom. The summed E-state index contributed by atoms with van der Waals surface area (Å²) >= 11 is 0. The van der Waals surface area contributed by atoms with Crippen molar-refractivity contribution in [2.24, 2.45) is 11.8 Å². The van der Waals surface area contributed by atoms with Crippen LogP contribution in [0.5, 0.6) is 0 Å². The van der Waals surface area contributed by atoms with Gasteiger partial charge in [0.1, 0.15) is 0 Å². The van der Waals surface area contributed by atoms with Crippen LogP contribution in [0, 0.1) is 11.8 Å². The highest BCUT2D eigenvalue weighted by atomic mass is 28.3. The Hall–Kier alpha value is 0.0969. The van der Waals surface area contributed by atoms with Crippen molar-refractivity contribution in [2.75, 3.05) is 14.2 Å². The van der Waals surface area contributed by atoms with Crippen molar-refractivity contribution in [3.8, 4) is 0 Å². The van der Waals surface area contributed by atoms with Gasteiger partial charge in [-0.3, -0.25) is 4.57 Å². The second-order valence-electron chi connectivity index (χ2n) is 5.79. The molecule has 2 aliphatic rings. The van der Waals surface area contributed by atoms with Gasteiger partial charge in [0.15, 0.2) is 0 Å². The van der Waals surface area contributed by atoms with Crippen molar-refractivity contribution in [1.82, 2.24) is 4.57 Å². The van der Waals surface area contributed by atoms with Crippen molar-refractivity contribution in [3.63, 3.8) is 0 Å². The first-order valence-corrected chi connectivity index (χ1v) is 8.48. The van der Waals surface area contributed by atoms with Gasteiger partial charge in [0.2, 0.25) is 0 Å². The molecular weight excluding hydrogens is 230 g/mol. The Bertz CT molecular complexity index is 246. The summed E-state index contributed by atoms with van der Waals surface area (Å²) in [6.07, 6.45) is 6.96. The Morgan fingerprint density at radius 2 is 1.71 bits per heavy atom. The quantitative estimate of drug-likeness (QED) is 0.724. The fraction of sp³-hybridized carbons (Fsp3) is 1.00. The van der Waals surface area contributed by atoms with Gasteiger partial charge in [-0.05, 0) is 38.0 Å². The van der Waals surface area contributed by atoms with Crippen LogP contribution in [0.25, 0.3) is 0 Å². The number of hydrogen-bond acceptors (Lipinski definition) is 3. The van der Waals surface area contributed by atoms with Crippen molar-refractivity contribution >= 4 is 9.45 Å². The molecule has 0 aromatic carbocycles. The minimum absolute atomic E-state index is 0.617. The van der Waals surface area contributed by atoms with Crippen LogP contribution in [0.15, 0.2) is 0 Å². The van der Waals surface area contributed by atoms with Crippen molar-refractivity contribution in [1.29, 1.82) is 0 Å². The molecule has 0 N–H and O–H groups in total. The lowest BCUT2D eigenvalue weighted by molar-refractivity contribution is 0.0165. The lowest BCUT2D eigenvalue weighted by Crippen LogP contribution is -2.61. The van der Waals surface area contributed by atoms with Crippen LogP contribution in [-0.2, 0) is 8.85 Å². The molecule has 0 radical (unpaired) electrons. The summed E-state index contributed by atoms with van der Waals surface area (Å²) in [6, 6.07) is 1.34. The molecule has 0 aromatic heterocycles. The lowest BCUT2D eigenvalue weighted by atomic mass is 9.74. The van der Waals surface area contributed by atoms with Crippen molar-refractivity contribution in [3.05, 3.63) is 0 Å². The van der Waals surface area contributed by atoms with Gasteiger partial charge in [-0.1, -0.05) is 19.8 Å². The maximum atomic E-state index is 5.65. The Kier molecular flexibility index (Phi) is 4.63. The van der Waals surface area contributed by atoms with E-state index < -0.39 is 9.45 Å². The highest BCUT2D eigenvalue weighted by molar-refractivity contribution is 6.41. The zero-order chi connectivity index (χ0) is 12.4. The zero-order valence-electron chi connectivity index (χ0n) is 11.7. The molecule has 2 fully saturated rings. The van der Waals surface area contributed by atoms with E-state index in [-0.39, 0.29) is 0 Å². The Labute approximate surface area is 107 Å². The largest absolute Gasteiger partial charge is 0.410 e.